The number of amides is 1. The van der Waals surface area contributed by atoms with Gasteiger partial charge in [-0.3, -0.25) is 4.79 Å². The van der Waals surface area contributed by atoms with Gasteiger partial charge in [0.15, 0.2) is 0 Å². The first-order chi connectivity index (χ1) is 9.58. The van der Waals surface area contributed by atoms with E-state index in [1.165, 1.54) is 12.8 Å². The van der Waals surface area contributed by atoms with E-state index in [9.17, 15) is 9.59 Å². The van der Waals surface area contributed by atoms with Crippen LogP contribution in [0.3, 0.4) is 0 Å². The van der Waals surface area contributed by atoms with Gasteiger partial charge in [0.05, 0.1) is 11.7 Å². The van der Waals surface area contributed by atoms with Crippen molar-refractivity contribution >= 4 is 28.4 Å². The zero-order valence-corrected chi connectivity index (χ0v) is 12.0. The van der Waals surface area contributed by atoms with Gasteiger partial charge < -0.3 is 15.7 Å². The second-order valence-electron chi connectivity index (χ2n) is 5.51. The van der Waals surface area contributed by atoms with Crippen LogP contribution < -0.4 is 10.6 Å². The number of carbonyl (C=O) groups is 2. The van der Waals surface area contributed by atoms with Crippen LogP contribution in [-0.2, 0) is 4.79 Å². The summed E-state index contributed by atoms with van der Waals surface area (Å²) in [6, 6.07) is -0.202. The van der Waals surface area contributed by atoms with E-state index in [0.717, 1.165) is 24.5 Å². The second kappa shape index (κ2) is 5.14. The van der Waals surface area contributed by atoms with Crippen LogP contribution >= 0.6 is 11.5 Å². The maximum Gasteiger partial charge on any atom is 0.340 e. The molecule has 6 nitrogen and oxygen atoms in total. The van der Waals surface area contributed by atoms with Gasteiger partial charge in [-0.05, 0) is 49.7 Å². The number of rotatable bonds is 3. The molecule has 3 unspecified atom stereocenters. The van der Waals surface area contributed by atoms with Gasteiger partial charge in [-0.1, -0.05) is 6.42 Å². The summed E-state index contributed by atoms with van der Waals surface area (Å²) >= 11 is 1.03. The number of anilines is 1. The number of carboxylic acids is 1. The molecular weight excluding hydrogens is 278 g/mol. The molecule has 3 N–H and O–H groups in total. The monoisotopic (exact) mass is 295 g/mol. The van der Waals surface area contributed by atoms with Crippen LogP contribution in [0.25, 0.3) is 0 Å². The molecular formula is C13H17N3O3S. The number of fused-ring (bicyclic) bond motifs is 1. The highest BCUT2D eigenvalue weighted by Crippen LogP contribution is 2.38. The zero-order valence-electron chi connectivity index (χ0n) is 11.2. The van der Waals surface area contributed by atoms with Crippen molar-refractivity contribution in [2.45, 2.75) is 32.2 Å². The third-order valence-corrected chi connectivity index (χ3v) is 5.20. The molecule has 0 radical (unpaired) electrons. The van der Waals surface area contributed by atoms with Crippen molar-refractivity contribution in [3.8, 4) is 0 Å². The Balaban J connectivity index is 1.75. The molecule has 2 heterocycles. The Morgan fingerprint density at radius 2 is 2.25 bits per heavy atom. The molecule has 1 aromatic rings. The summed E-state index contributed by atoms with van der Waals surface area (Å²) in [5.74, 6) is -0.208. The van der Waals surface area contributed by atoms with Crippen LogP contribution in [0, 0.1) is 18.8 Å². The molecule has 1 aromatic heterocycles. The molecule has 7 heteroatoms. The highest BCUT2D eigenvalue weighted by Gasteiger charge is 2.42. The molecule has 1 saturated heterocycles. The summed E-state index contributed by atoms with van der Waals surface area (Å²) in [5, 5.41) is 15.5. The normalized spacial score (nSPS) is 28.4. The highest BCUT2D eigenvalue weighted by molar-refractivity contribution is 7.11. The second-order valence-corrected chi connectivity index (χ2v) is 6.28. The fourth-order valence-corrected chi connectivity index (χ4v) is 4.16. The maximum absolute atomic E-state index is 12.4. The lowest BCUT2D eigenvalue weighted by Gasteiger charge is -2.17. The Kier molecular flexibility index (Phi) is 3.47. The van der Waals surface area contributed by atoms with Crippen molar-refractivity contribution < 1.29 is 14.7 Å². The average molecular weight is 295 g/mol. The Morgan fingerprint density at radius 1 is 1.45 bits per heavy atom. The lowest BCUT2D eigenvalue weighted by molar-refractivity contribution is -0.118. The Bertz CT molecular complexity index is 557. The molecule has 1 saturated carbocycles. The van der Waals surface area contributed by atoms with Gasteiger partial charge in [0.2, 0.25) is 5.91 Å². The van der Waals surface area contributed by atoms with Gasteiger partial charge in [0, 0.05) is 0 Å². The van der Waals surface area contributed by atoms with E-state index in [-0.39, 0.29) is 17.5 Å². The maximum atomic E-state index is 12.4. The van der Waals surface area contributed by atoms with Crippen LogP contribution in [0.4, 0.5) is 5.00 Å². The lowest BCUT2D eigenvalue weighted by atomic mass is 9.93. The molecule has 0 spiro atoms. The molecule has 1 amide bonds. The number of carbonyl (C=O) groups excluding carboxylic acids is 1. The van der Waals surface area contributed by atoms with Gasteiger partial charge in [-0.25, -0.2) is 4.79 Å². The standard InChI is InChI=1S/C13H17N3O3S/c1-6-9(13(18)19)12(20-16-6)15-11(17)10-8-4-2-3-7(8)5-14-10/h7-8,10,14H,2-5H2,1H3,(H,15,17)(H,18,19). The van der Waals surface area contributed by atoms with Crippen molar-refractivity contribution in [3.05, 3.63) is 11.3 Å². The zero-order chi connectivity index (χ0) is 14.3. The fraction of sp³-hybridized carbons (Fsp3) is 0.615. The molecule has 0 aromatic carbocycles. The minimum Gasteiger partial charge on any atom is -0.478 e. The number of aryl methyl sites for hydroxylation is 1. The smallest absolute Gasteiger partial charge is 0.340 e. The van der Waals surface area contributed by atoms with Crippen molar-refractivity contribution in [1.29, 1.82) is 0 Å². The minimum atomic E-state index is -1.05. The fourth-order valence-electron chi connectivity index (χ4n) is 3.37. The van der Waals surface area contributed by atoms with Gasteiger partial charge in [-0.2, -0.15) is 4.37 Å². The number of hydrogen-bond acceptors (Lipinski definition) is 5. The molecule has 3 atom stereocenters. The molecule has 1 aliphatic carbocycles. The third kappa shape index (κ3) is 2.20. The SMILES string of the molecule is Cc1nsc(NC(=O)C2NCC3CCCC32)c1C(=O)O. The summed E-state index contributed by atoms with van der Waals surface area (Å²) in [6.45, 7) is 2.52. The molecule has 108 valence electrons. The summed E-state index contributed by atoms with van der Waals surface area (Å²) in [5.41, 5.74) is 0.542. The van der Waals surface area contributed by atoms with Crippen LogP contribution in [0.1, 0.15) is 35.3 Å². The van der Waals surface area contributed by atoms with E-state index in [1.54, 1.807) is 6.92 Å². The van der Waals surface area contributed by atoms with E-state index in [4.69, 9.17) is 5.11 Å². The molecule has 0 bridgehead atoms. The summed E-state index contributed by atoms with van der Waals surface area (Å²) < 4.78 is 4.01. The summed E-state index contributed by atoms with van der Waals surface area (Å²) in [4.78, 5) is 23.5. The number of nitrogens with zero attached hydrogens (tertiary/aromatic N) is 1. The predicted octanol–water partition coefficient (Wildman–Crippen LogP) is 1.48. The number of aromatic carboxylic acids is 1. The van der Waals surface area contributed by atoms with Crippen LogP contribution in [0.5, 0.6) is 0 Å². The predicted molar refractivity (Wildman–Crippen MR) is 75.1 cm³/mol. The highest BCUT2D eigenvalue weighted by atomic mass is 32.1. The van der Waals surface area contributed by atoms with E-state index < -0.39 is 5.97 Å². The van der Waals surface area contributed by atoms with Crippen LogP contribution in [0.2, 0.25) is 0 Å². The van der Waals surface area contributed by atoms with Crippen molar-refractivity contribution in [2.24, 2.45) is 11.8 Å². The first kappa shape index (κ1) is 13.5. The topological polar surface area (TPSA) is 91.3 Å². The summed E-state index contributed by atoms with van der Waals surface area (Å²) in [6.07, 6.45) is 3.44. The Morgan fingerprint density at radius 3 is 3.00 bits per heavy atom. The first-order valence-electron chi connectivity index (χ1n) is 6.81. The molecule has 3 rings (SSSR count). The average Bonchev–Trinajstić information content (AvgIpc) is 3.03. The number of nitrogens with one attached hydrogen (secondary N) is 2. The van der Waals surface area contributed by atoms with Gasteiger partial charge in [0.25, 0.3) is 0 Å². The largest absolute Gasteiger partial charge is 0.478 e. The van der Waals surface area contributed by atoms with E-state index in [2.05, 4.69) is 15.0 Å². The van der Waals surface area contributed by atoms with E-state index >= 15 is 0 Å². The van der Waals surface area contributed by atoms with E-state index in [0.29, 0.717) is 22.5 Å². The van der Waals surface area contributed by atoms with Gasteiger partial charge >= 0.3 is 5.97 Å². The molecule has 2 fully saturated rings. The van der Waals surface area contributed by atoms with Gasteiger partial charge in [0.1, 0.15) is 10.6 Å². The van der Waals surface area contributed by atoms with Crippen LogP contribution in [0.15, 0.2) is 0 Å². The first-order valence-corrected chi connectivity index (χ1v) is 7.59. The molecule has 1 aliphatic heterocycles. The van der Waals surface area contributed by atoms with E-state index in [1.807, 2.05) is 0 Å². The minimum absolute atomic E-state index is 0.101. The quantitative estimate of drug-likeness (QED) is 0.785. The summed E-state index contributed by atoms with van der Waals surface area (Å²) in [7, 11) is 0. The number of aromatic nitrogens is 1. The van der Waals surface area contributed by atoms with Crippen molar-refractivity contribution in [1.82, 2.24) is 9.69 Å². The molecule has 20 heavy (non-hydrogen) atoms. The number of hydrogen-bond donors (Lipinski definition) is 3. The van der Waals surface area contributed by atoms with Crippen molar-refractivity contribution in [2.75, 3.05) is 11.9 Å². The van der Waals surface area contributed by atoms with Crippen molar-refractivity contribution in [3.63, 3.8) is 0 Å². The third-order valence-electron chi connectivity index (χ3n) is 4.34. The molecule has 2 aliphatic rings. The Labute approximate surface area is 120 Å². The van der Waals surface area contributed by atoms with Gasteiger partial charge in [-0.15, -0.1) is 0 Å². The number of carboxylic acid groups (broad SMARTS) is 1. The Hall–Kier alpha value is -1.47. The lowest BCUT2D eigenvalue weighted by Crippen LogP contribution is -2.39. The van der Waals surface area contributed by atoms with Crippen LogP contribution in [-0.4, -0.2) is 33.9 Å².